The highest BCUT2D eigenvalue weighted by Crippen LogP contribution is 2.38. The number of ether oxygens (including phenoxy) is 3. The molecule has 0 heterocycles. The molecule has 6 heteroatoms. The Bertz CT molecular complexity index is 692. The van der Waals surface area contributed by atoms with E-state index in [0.29, 0.717) is 36.8 Å². The van der Waals surface area contributed by atoms with Gasteiger partial charge in [-0.05, 0) is 36.6 Å². The number of rotatable bonds is 10. The molecule has 0 aliphatic carbocycles. The number of aliphatic carboxylic acids is 1. The first-order valence-corrected chi connectivity index (χ1v) is 8.46. The Kier molecular flexibility index (Phi) is 7.29. The Morgan fingerprint density at radius 1 is 1.08 bits per heavy atom. The number of carboxylic acids is 1. The zero-order valence-electron chi connectivity index (χ0n) is 15.3. The minimum absolute atomic E-state index is 0.364. The van der Waals surface area contributed by atoms with Gasteiger partial charge in [-0.1, -0.05) is 30.3 Å². The van der Waals surface area contributed by atoms with Gasteiger partial charge in [-0.2, -0.15) is 0 Å². The van der Waals surface area contributed by atoms with E-state index in [4.69, 9.17) is 14.2 Å². The average Bonchev–Trinajstić information content (AvgIpc) is 2.66. The third-order valence-corrected chi connectivity index (χ3v) is 3.94. The molecule has 2 aromatic rings. The Morgan fingerprint density at radius 2 is 1.69 bits per heavy atom. The molecular weight excluding hydrogens is 334 g/mol. The van der Waals surface area contributed by atoms with Gasteiger partial charge in [0.15, 0.2) is 11.5 Å². The molecular formula is C20H25NO5. The van der Waals surface area contributed by atoms with Crippen LogP contribution >= 0.6 is 0 Å². The van der Waals surface area contributed by atoms with Crippen molar-refractivity contribution in [3.8, 4) is 17.2 Å². The molecule has 0 aliphatic rings. The van der Waals surface area contributed by atoms with Gasteiger partial charge in [-0.15, -0.1) is 0 Å². The van der Waals surface area contributed by atoms with Crippen LogP contribution in [0, 0.1) is 0 Å². The summed E-state index contributed by atoms with van der Waals surface area (Å²) >= 11 is 0. The first kappa shape index (κ1) is 19.6. The molecule has 0 radical (unpaired) electrons. The Labute approximate surface area is 153 Å². The molecule has 0 fully saturated rings. The van der Waals surface area contributed by atoms with Crippen molar-refractivity contribution < 1.29 is 24.1 Å². The molecule has 0 bridgehead atoms. The van der Waals surface area contributed by atoms with Crippen LogP contribution in [0.1, 0.15) is 18.1 Å². The van der Waals surface area contributed by atoms with E-state index >= 15 is 0 Å². The maximum absolute atomic E-state index is 11.6. The molecule has 2 N–H and O–H groups in total. The third-order valence-electron chi connectivity index (χ3n) is 3.94. The predicted molar refractivity (Wildman–Crippen MR) is 99.1 cm³/mol. The second-order valence-corrected chi connectivity index (χ2v) is 5.72. The molecule has 0 unspecified atom stereocenters. The Balaban J connectivity index is 2.14. The summed E-state index contributed by atoms with van der Waals surface area (Å²) < 4.78 is 16.3. The second kappa shape index (κ2) is 9.68. The summed E-state index contributed by atoms with van der Waals surface area (Å²) in [7, 11) is 3.12. The van der Waals surface area contributed by atoms with E-state index < -0.39 is 12.0 Å². The Morgan fingerprint density at radius 3 is 2.19 bits per heavy atom. The van der Waals surface area contributed by atoms with Gasteiger partial charge in [-0.25, -0.2) is 0 Å². The third kappa shape index (κ3) is 5.13. The topological polar surface area (TPSA) is 77.0 Å². The normalized spacial score (nSPS) is 11.7. The van der Waals surface area contributed by atoms with Crippen molar-refractivity contribution in [1.29, 1.82) is 0 Å². The first-order valence-electron chi connectivity index (χ1n) is 8.46. The lowest BCUT2D eigenvalue weighted by molar-refractivity contribution is -0.139. The van der Waals surface area contributed by atoms with Crippen molar-refractivity contribution in [2.45, 2.75) is 25.9 Å². The van der Waals surface area contributed by atoms with Crippen LogP contribution < -0.4 is 19.5 Å². The van der Waals surface area contributed by atoms with Crippen LogP contribution in [-0.4, -0.2) is 37.9 Å². The molecule has 2 aromatic carbocycles. The van der Waals surface area contributed by atoms with Gasteiger partial charge in [0.1, 0.15) is 6.04 Å². The molecule has 26 heavy (non-hydrogen) atoms. The summed E-state index contributed by atoms with van der Waals surface area (Å²) in [4.78, 5) is 11.6. The lowest BCUT2D eigenvalue weighted by Crippen LogP contribution is -2.38. The first-order chi connectivity index (χ1) is 12.6. The van der Waals surface area contributed by atoms with Gasteiger partial charge in [0.2, 0.25) is 5.75 Å². The highest BCUT2D eigenvalue weighted by molar-refractivity contribution is 5.74. The van der Waals surface area contributed by atoms with E-state index in [1.807, 2.05) is 49.4 Å². The van der Waals surface area contributed by atoms with Crippen molar-refractivity contribution in [2.24, 2.45) is 0 Å². The summed E-state index contributed by atoms with van der Waals surface area (Å²) in [6, 6.07) is 12.5. The van der Waals surface area contributed by atoms with E-state index in [2.05, 4.69) is 5.32 Å². The van der Waals surface area contributed by atoms with E-state index in [0.717, 1.165) is 11.1 Å². The van der Waals surface area contributed by atoms with E-state index in [1.165, 1.54) is 0 Å². The Hall–Kier alpha value is -2.73. The van der Waals surface area contributed by atoms with Crippen LogP contribution in [0.25, 0.3) is 0 Å². The summed E-state index contributed by atoms with van der Waals surface area (Å²) in [5, 5.41) is 12.6. The predicted octanol–water partition coefficient (Wildman–Crippen LogP) is 2.89. The smallest absolute Gasteiger partial charge is 0.321 e. The van der Waals surface area contributed by atoms with Crippen LogP contribution in [-0.2, 0) is 17.8 Å². The van der Waals surface area contributed by atoms with Gasteiger partial charge in [0.25, 0.3) is 0 Å². The summed E-state index contributed by atoms with van der Waals surface area (Å²) in [5.74, 6) is 0.759. The maximum Gasteiger partial charge on any atom is 0.321 e. The fraction of sp³-hybridized carbons (Fsp3) is 0.350. The fourth-order valence-electron chi connectivity index (χ4n) is 2.66. The maximum atomic E-state index is 11.6. The van der Waals surface area contributed by atoms with Crippen molar-refractivity contribution >= 4 is 5.97 Å². The highest BCUT2D eigenvalue weighted by Gasteiger charge is 2.19. The summed E-state index contributed by atoms with van der Waals surface area (Å²) in [6.07, 6.45) is 0.404. The number of carbonyl (C=O) groups is 1. The number of hydrogen-bond acceptors (Lipinski definition) is 5. The molecule has 1 atom stereocenters. The van der Waals surface area contributed by atoms with Crippen molar-refractivity contribution in [3.63, 3.8) is 0 Å². The standard InChI is InChI=1S/C20H25NO5/c1-4-26-19-17(24-2)11-15(12-18(19)25-3)13-21-16(20(22)23)10-14-8-6-5-7-9-14/h5-9,11-12,16,21H,4,10,13H2,1-3H3,(H,22,23)/t16-/m0/s1. The summed E-state index contributed by atoms with van der Waals surface area (Å²) in [6.45, 7) is 2.74. The van der Waals surface area contributed by atoms with Gasteiger partial charge < -0.3 is 24.6 Å². The van der Waals surface area contributed by atoms with Crippen LogP contribution in [0.5, 0.6) is 17.2 Å². The second-order valence-electron chi connectivity index (χ2n) is 5.72. The van der Waals surface area contributed by atoms with E-state index in [9.17, 15) is 9.90 Å². The number of nitrogens with one attached hydrogen (secondary N) is 1. The van der Waals surface area contributed by atoms with Crippen LogP contribution in [0.15, 0.2) is 42.5 Å². The van der Waals surface area contributed by atoms with Gasteiger partial charge >= 0.3 is 5.97 Å². The van der Waals surface area contributed by atoms with E-state index in [-0.39, 0.29) is 0 Å². The molecule has 0 aliphatic heterocycles. The minimum atomic E-state index is -0.890. The van der Waals surface area contributed by atoms with Crippen LogP contribution in [0.3, 0.4) is 0 Å². The number of methoxy groups -OCH3 is 2. The quantitative estimate of drug-likeness (QED) is 0.679. The largest absolute Gasteiger partial charge is 0.493 e. The monoisotopic (exact) mass is 359 g/mol. The molecule has 2 rings (SSSR count). The molecule has 6 nitrogen and oxygen atoms in total. The van der Waals surface area contributed by atoms with Gasteiger partial charge in [0.05, 0.1) is 20.8 Å². The number of hydrogen-bond donors (Lipinski definition) is 2. The molecule has 0 aromatic heterocycles. The molecule has 0 saturated heterocycles. The molecule has 0 saturated carbocycles. The van der Waals surface area contributed by atoms with Crippen molar-refractivity contribution in [2.75, 3.05) is 20.8 Å². The van der Waals surface area contributed by atoms with Crippen molar-refractivity contribution in [3.05, 3.63) is 53.6 Å². The van der Waals surface area contributed by atoms with Gasteiger partial charge in [-0.3, -0.25) is 4.79 Å². The fourth-order valence-corrected chi connectivity index (χ4v) is 2.66. The van der Waals surface area contributed by atoms with E-state index in [1.54, 1.807) is 14.2 Å². The summed E-state index contributed by atoms with van der Waals surface area (Å²) in [5.41, 5.74) is 1.82. The molecule has 140 valence electrons. The van der Waals surface area contributed by atoms with Crippen LogP contribution in [0.2, 0.25) is 0 Å². The number of benzene rings is 2. The number of carboxylic acid groups (broad SMARTS) is 1. The van der Waals surface area contributed by atoms with Gasteiger partial charge in [0, 0.05) is 6.54 Å². The highest BCUT2D eigenvalue weighted by atomic mass is 16.5. The average molecular weight is 359 g/mol. The zero-order valence-corrected chi connectivity index (χ0v) is 15.3. The zero-order chi connectivity index (χ0) is 18.9. The molecule has 0 amide bonds. The lowest BCUT2D eigenvalue weighted by Gasteiger charge is -2.18. The minimum Gasteiger partial charge on any atom is -0.493 e. The SMILES string of the molecule is CCOc1c(OC)cc(CN[C@@H](Cc2ccccc2)C(=O)O)cc1OC. The van der Waals surface area contributed by atoms with Crippen molar-refractivity contribution in [1.82, 2.24) is 5.32 Å². The lowest BCUT2D eigenvalue weighted by atomic mass is 10.1. The molecule has 0 spiro atoms. The van der Waals surface area contributed by atoms with Crippen LogP contribution in [0.4, 0.5) is 0 Å².